The summed E-state index contributed by atoms with van der Waals surface area (Å²) >= 11 is 0. The lowest BCUT2D eigenvalue weighted by Crippen LogP contribution is -2.58. The first kappa shape index (κ1) is 37.8. The summed E-state index contributed by atoms with van der Waals surface area (Å²) < 4.78 is 44.8. The number of allylic oxidation sites excluding steroid dienone is 1. The van der Waals surface area contributed by atoms with E-state index in [0.29, 0.717) is 53.8 Å². The van der Waals surface area contributed by atoms with Gasteiger partial charge in [0.2, 0.25) is 27.7 Å². The predicted octanol–water partition coefficient (Wildman–Crippen LogP) is 2.53. The van der Waals surface area contributed by atoms with E-state index >= 15 is 0 Å². The molecule has 3 N–H and O–H groups in total. The van der Waals surface area contributed by atoms with Crippen molar-refractivity contribution in [3.05, 3.63) is 66.7 Å². The summed E-state index contributed by atoms with van der Waals surface area (Å²) in [5.74, 6) is -2.98. The molecule has 0 bridgehead atoms. The molecule has 5 atom stereocenters. The predicted molar refractivity (Wildman–Crippen MR) is 199 cm³/mol. The van der Waals surface area contributed by atoms with E-state index in [0.717, 1.165) is 5.56 Å². The molecule has 0 spiro atoms. The SMILES string of the molecule is COC(=O)C[C@@H]1NC(=O)CCC/C=C\C2C[C@@]2(C(=O)NS(=O)(=O)C2CC2)NC(=O)[C@@H]2C[C@@H](Oc3cc(-c4ccccc4)nc4cc(OC)ccc34)CN2C1=O. The number of rotatable bonds is 9. The zero-order valence-electron chi connectivity index (χ0n) is 30.5. The highest BCUT2D eigenvalue weighted by atomic mass is 32.2. The van der Waals surface area contributed by atoms with Crippen LogP contribution in [0.5, 0.6) is 11.5 Å². The number of amides is 4. The summed E-state index contributed by atoms with van der Waals surface area (Å²) in [6.07, 6.45) is 4.15. The van der Waals surface area contributed by atoms with Crippen molar-refractivity contribution >= 4 is 50.5 Å². The largest absolute Gasteiger partial charge is 0.497 e. The first-order valence-corrected chi connectivity index (χ1v) is 19.9. The van der Waals surface area contributed by atoms with Gasteiger partial charge in [0, 0.05) is 41.8 Å². The minimum absolute atomic E-state index is 0.0321. The molecule has 4 aliphatic rings. The van der Waals surface area contributed by atoms with Crippen molar-refractivity contribution < 1.29 is 46.6 Å². The average Bonchev–Trinajstić information content (AvgIpc) is 4.10. The van der Waals surface area contributed by atoms with Crippen LogP contribution in [0.15, 0.2) is 66.7 Å². The van der Waals surface area contributed by atoms with E-state index < -0.39 is 80.9 Å². The number of sulfonamides is 1. The number of nitrogens with one attached hydrogen (secondary N) is 3. The molecule has 2 aliphatic carbocycles. The maximum atomic E-state index is 14.4. The minimum atomic E-state index is -3.94. The molecule has 55 heavy (non-hydrogen) atoms. The van der Waals surface area contributed by atoms with E-state index in [4.69, 9.17) is 19.2 Å². The van der Waals surface area contributed by atoms with Crippen molar-refractivity contribution in [3.8, 4) is 22.8 Å². The molecular formula is C39H43N5O10S. The Labute approximate surface area is 318 Å². The van der Waals surface area contributed by atoms with Crippen LogP contribution in [0.1, 0.15) is 51.4 Å². The third kappa shape index (κ3) is 8.14. The number of carbonyl (C=O) groups is 5. The number of pyridine rings is 1. The Morgan fingerprint density at radius 3 is 2.56 bits per heavy atom. The number of carbonyl (C=O) groups excluding carboxylic acids is 5. The van der Waals surface area contributed by atoms with E-state index in [9.17, 15) is 32.4 Å². The van der Waals surface area contributed by atoms with Crippen molar-refractivity contribution in [1.29, 1.82) is 0 Å². The van der Waals surface area contributed by atoms with Crippen LogP contribution >= 0.6 is 0 Å². The number of aromatic nitrogens is 1. The number of nitrogens with zero attached hydrogens (tertiary/aromatic N) is 2. The van der Waals surface area contributed by atoms with Crippen LogP contribution in [0.2, 0.25) is 0 Å². The summed E-state index contributed by atoms with van der Waals surface area (Å²) in [6.45, 7) is -0.121. The molecule has 2 aromatic carbocycles. The van der Waals surface area contributed by atoms with Gasteiger partial charge in [-0.05, 0) is 44.2 Å². The Kier molecular flexibility index (Phi) is 10.5. The quantitative estimate of drug-likeness (QED) is 0.213. The van der Waals surface area contributed by atoms with Gasteiger partial charge in [-0.15, -0.1) is 0 Å². The number of hydrogen-bond acceptors (Lipinski definition) is 11. The molecule has 290 valence electrons. The van der Waals surface area contributed by atoms with Crippen molar-refractivity contribution in [2.24, 2.45) is 5.92 Å². The number of methoxy groups -OCH3 is 2. The first-order chi connectivity index (χ1) is 26.4. The topological polar surface area (TPSA) is 199 Å². The summed E-state index contributed by atoms with van der Waals surface area (Å²) in [7, 11) is -1.21. The lowest BCUT2D eigenvalue weighted by atomic mass is 10.1. The fraction of sp³-hybridized carbons (Fsp3) is 0.436. The van der Waals surface area contributed by atoms with Crippen LogP contribution in [-0.2, 0) is 38.7 Å². The molecule has 2 saturated carbocycles. The number of esters is 1. The molecule has 1 saturated heterocycles. The molecular weight excluding hydrogens is 731 g/mol. The molecule has 3 aromatic rings. The van der Waals surface area contributed by atoms with E-state index in [1.807, 2.05) is 30.3 Å². The van der Waals surface area contributed by atoms with Crippen molar-refractivity contribution in [1.82, 2.24) is 25.2 Å². The third-order valence-electron chi connectivity index (χ3n) is 10.5. The lowest BCUT2D eigenvalue weighted by molar-refractivity contribution is -0.147. The van der Waals surface area contributed by atoms with Crippen LogP contribution < -0.4 is 24.8 Å². The van der Waals surface area contributed by atoms with Gasteiger partial charge >= 0.3 is 5.97 Å². The van der Waals surface area contributed by atoms with Gasteiger partial charge in [-0.2, -0.15) is 0 Å². The van der Waals surface area contributed by atoms with Gasteiger partial charge in [-0.3, -0.25) is 28.7 Å². The van der Waals surface area contributed by atoms with Crippen molar-refractivity contribution in [2.75, 3.05) is 20.8 Å². The van der Waals surface area contributed by atoms with Gasteiger partial charge in [-0.1, -0.05) is 42.5 Å². The second-order valence-corrected chi connectivity index (χ2v) is 16.4. The summed E-state index contributed by atoms with van der Waals surface area (Å²) in [5, 5.41) is 5.47. The smallest absolute Gasteiger partial charge is 0.308 e. The number of fused-ring (bicyclic) bond motifs is 3. The second-order valence-electron chi connectivity index (χ2n) is 14.4. The van der Waals surface area contributed by atoms with Crippen molar-refractivity contribution in [3.63, 3.8) is 0 Å². The number of benzene rings is 2. The van der Waals surface area contributed by atoms with Gasteiger partial charge in [0.15, 0.2) is 0 Å². The molecule has 4 amide bonds. The summed E-state index contributed by atoms with van der Waals surface area (Å²) in [6, 6.07) is 14.0. The maximum Gasteiger partial charge on any atom is 0.308 e. The Bertz CT molecular complexity index is 2160. The van der Waals surface area contributed by atoms with Crippen LogP contribution in [0.4, 0.5) is 0 Å². The Balaban J connectivity index is 1.24. The van der Waals surface area contributed by atoms with E-state index in [1.54, 1.807) is 43.5 Å². The van der Waals surface area contributed by atoms with Crippen LogP contribution in [0, 0.1) is 5.92 Å². The Hall–Kier alpha value is -5.51. The number of hydrogen-bond donors (Lipinski definition) is 3. The highest BCUT2D eigenvalue weighted by molar-refractivity contribution is 7.91. The molecule has 2 aliphatic heterocycles. The molecule has 7 rings (SSSR count). The highest BCUT2D eigenvalue weighted by Gasteiger charge is 2.62. The average molecular weight is 774 g/mol. The van der Waals surface area contributed by atoms with Gasteiger partial charge in [0.1, 0.15) is 35.2 Å². The van der Waals surface area contributed by atoms with Gasteiger partial charge in [0.05, 0.1) is 43.6 Å². The monoisotopic (exact) mass is 773 g/mol. The standard InChI is InChI=1S/C39H43N5O10S/c1-52-25-13-16-28-30(17-25)40-29(23-9-5-3-6-10-23)19-33(28)54-26-18-32-36(47)42-39(38(49)43-55(50,51)27-14-15-27)21-24(39)11-7-4-8-12-34(45)41-31(20-35(46)53-2)37(48)44(32)22-26/h3,5-7,9-11,13,16-17,19,24,26-27,31-32H,4,8,12,14-15,18,20-22H2,1-2H3,(H,41,45)(H,42,47)(H,43,49)/b11-7-/t24?,26-,31+,32+,39-/m1/s1. The number of ether oxygens (including phenoxy) is 3. The molecule has 16 heteroatoms. The van der Waals surface area contributed by atoms with Crippen LogP contribution in [-0.4, -0.2) is 97.6 Å². The molecule has 15 nitrogen and oxygen atoms in total. The Morgan fingerprint density at radius 2 is 1.84 bits per heavy atom. The molecule has 3 heterocycles. The van der Waals surface area contributed by atoms with Gasteiger partial charge in [0.25, 0.3) is 5.91 Å². The molecule has 0 radical (unpaired) electrons. The van der Waals surface area contributed by atoms with Crippen molar-refractivity contribution in [2.45, 2.75) is 80.3 Å². The normalized spacial score (nSPS) is 26.3. The highest BCUT2D eigenvalue weighted by Crippen LogP contribution is 2.46. The van der Waals surface area contributed by atoms with E-state index in [-0.39, 0.29) is 25.8 Å². The zero-order chi connectivity index (χ0) is 38.9. The molecule has 3 fully saturated rings. The van der Waals surface area contributed by atoms with Crippen LogP contribution in [0.3, 0.4) is 0 Å². The van der Waals surface area contributed by atoms with E-state index in [2.05, 4.69) is 15.4 Å². The fourth-order valence-electron chi connectivity index (χ4n) is 7.24. The van der Waals surface area contributed by atoms with Gasteiger partial charge < -0.3 is 29.7 Å². The van der Waals surface area contributed by atoms with E-state index in [1.165, 1.54) is 12.0 Å². The second kappa shape index (κ2) is 15.3. The lowest BCUT2D eigenvalue weighted by Gasteiger charge is -2.29. The minimum Gasteiger partial charge on any atom is -0.497 e. The third-order valence-corrected chi connectivity index (χ3v) is 12.3. The molecule has 1 unspecified atom stereocenters. The Morgan fingerprint density at radius 1 is 1.05 bits per heavy atom. The maximum absolute atomic E-state index is 14.4. The van der Waals surface area contributed by atoms with Gasteiger partial charge in [-0.25, -0.2) is 13.4 Å². The summed E-state index contributed by atoms with van der Waals surface area (Å²) in [4.78, 5) is 74.1. The first-order valence-electron chi connectivity index (χ1n) is 18.3. The zero-order valence-corrected chi connectivity index (χ0v) is 31.3. The van der Waals surface area contributed by atoms with Crippen LogP contribution in [0.25, 0.3) is 22.2 Å². The fourth-order valence-corrected chi connectivity index (χ4v) is 8.60. The molecule has 1 aromatic heterocycles. The summed E-state index contributed by atoms with van der Waals surface area (Å²) in [5.41, 5.74) is 0.446.